The van der Waals surface area contributed by atoms with E-state index < -0.39 is 0 Å². The lowest BCUT2D eigenvalue weighted by Gasteiger charge is -2.52. The Bertz CT molecular complexity index is 597. The van der Waals surface area contributed by atoms with Crippen LogP contribution in [0.1, 0.15) is 37.8 Å². The summed E-state index contributed by atoms with van der Waals surface area (Å²) in [5.74, 6) is 1.50. The van der Waals surface area contributed by atoms with Gasteiger partial charge in [0, 0.05) is 25.5 Å². The molecule has 3 fully saturated rings. The topological polar surface area (TPSA) is 64.6 Å². The summed E-state index contributed by atoms with van der Waals surface area (Å²) in [6.07, 6.45) is 8.27. The Balaban J connectivity index is 1.32. The molecule has 0 N–H and O–H groups in total. The zero-order chi connectivity index (χ0) is 15.9. The van der Waals surface area contributed by atoms with Gasteiger partial charge in [-0.05, 0) is 25.7 Å². The molecule has 0 unspecified atom stereocenters. The predicted octanol–water partition coefficient (Wildman–Crippen LogP) is 1.72. The summed E-state index contributed by atoms with van der Waals surface area (Å²) in [5, 5.41) is 0. The van der Waals surface area contributed by atoms with Crippen molar-refractivity contribution in [1.82, 2.24) is 14.9 Å². The van der Waals surface area contributed by atoms with Gasteiger partial charge in [-0.15, -0.1) is 0 Å². The first-order chi connectivity index (χ1) is 11.1. The molecule has 4 rings (SSSR count). The Morgan fingerprint density at radius 3 is 2.96 bits per heavy atom. The zero-order valence-corrected chi connectivity index (χ0v) is 13.5. The Morgan fingerprint density at radius 2 is 2.22 bits per heavy atom. The number of nitrogens with zero attached hydrogens (tertiary/aromatic N) is 3. The van der Waals surface area contributed by atoms with Crippen LogP contribution in [-0.4, -0.2) is 52.2 Å². The van der Waals surface area contributed by atoms with Crippen molar-refractivity contribution >= 4 is 5.91 Å². The van der Waals surface area contributed by atoms with Gasteiger partial charge in [-0.1, -0.05) is 0 Å². The van der Waals surface area contributed by atoms with Crippen molar-refractivity contribution < 1.29 is 14.3 Å². The van der Waals surface area contributed by atoms with Gasteiger partial charge in [0.15, 0.2) is 0 Å². The lowest BCUT2D eigenvalue weighted by Crippen LogP contribution is -2.67. The average molecular weight is 317 g/mol. The van der Waals surface area contributed by atoms with E-state index >= 15 is 0 Å². The molecule has 1 aromatic rings. The highest BCUT2D eigenvalue weighted by Gasteiger charge is 2.50. The molecule has 124 valence electrons. The minimum Gasteiger partial charge on any atom is -0.473 e. The maximum absolute atomic E-state index is 12.1. The number of aryl methyl sites for hydroxylation is 1. The van der Waals surface area contributed by atoms with Crippen molar-refractivity contribution in [3.05, 3.63) is 18.1 Å². The van der Waals surface area contributed by atoms with Gasteiger partial charge < -0.3 is 14.4 Å². The predicted molar refractivity (Wildman–Crippen MR) is 83.0 cm³/mol. The maximum atomic E-state index is 12.1. The first kappa shape index (κ1) is 14.9. The van der Waals surface area contributed by atoms with Crippen LogP contribution in [0.2, 0.25) is 0 Å². The number of ether oxygens (including phenoxy) is 2. The second-order valence-corrected chi connectivity index (χ2v) is 7.16. The first-order valence-corrected chi connectivity index (χ1v) is 8.49. The number of aromatic nitrogens is 2. The number of amides is 1. The van der Waals surface area contributed by atoms with Gasteiger partial charge in [0.2, 0.25) is 11.8 Å². The molecular formula is C17H23N3O3. The second kappa shape index (κ2) is 5.74. The van der Waals surface area contributed by atoms with Gasteiger partial charge >= 0.3 is 0 Å². The van der Waals surface area contributed by atoms with Crippen LogP contribution in [0, 0.1) is 12.8 Å². The van der Waals surface area contributed by atoms with Crippen LogP contribution >= 0.6 is 0 Å². The number of likely N-dealkylation sites (tertiary alicyclic amines) is 1. The van der Waals surface area contributed by atoms with Crippen LogP contribution in [0.4, 0.5) is 0 Å². The van der Waals surface area contributed by atoms with Gasteiger partial charge in [0.05, 0.1) is 31.6 Å². The minimum atomic E-state index is -0.209. The summed E-state index contributed by atoms with van der Waals surface area (Å²) in [6, 6.07) is 0. The van der Waals surface area contributed by atoms with Gasteiger partial charge in [0.1, 0.15) is 11.7 Å². The summed E-state index contributed by atoms with van der Waals surface area (Å²) in [7, 11) is 0. The molecule has 0 bridgehead atoms. The molecule has 1 spiro atoms. The van der Waals surface area contributed by atoms with Crippen molar-refractivity contribution in [2.75, 3.05) is 19.7 Å². The molecule has 3 aliphatic rings. The standard InChI is InChI=1S/C17H23N3O3/c1-12-8-18-9-15(19-12)23-14-4-5-22-17(7-14)10-20(11-17)16(21)6-13-2-3-13/h8-9,13-14H,2-7,10-11H2,1H3/t14-/m1/s1. The number of rotatable bonds is 4. The molecule has 1 saturated carbocycles. The number of carbonyl (C=O) groups is 1. The van der Waals surface area contributed by atoms with E-state index in [2.05, 4.69) is 9.97 Å². The largest absolute Gasteiger partial charge is 0.473 e. The second-order valence-electron chi connectivity index (χ2n) is 7.16. The van der Waals surface area contributed by atoms with E-state index in [1.807, 2.05) is 11.8 Å². The van der Waals surface area contributed by atoms with Crippen LogP contribution < -0.4 is 4.74 Å². The zero-order valence-electron chi connectivity index (χ0n) is 13.5. The van der Waals surface area contributed by atoms with Gasteiger partial charge in [0.25, 0.3) is 0 Å². The molecule has 2 aliphatic heterocycles. The number of hydrogen-bond donors (Lipinski definition) is 0. The summed E-state index contributed by atoms with van der Waals surface area (Å²) in [4.78, 5) is 22.5. The molecule has 3 heterocycles. The number of hydrogen-bond acceptors (Lipinski definition) is 5. The van der Waals surface area contributed by atoms with E-state index in [9.17, 15) is 4.79 Å². The van der Waals surface area contributed by atoms with Crippen molar-refractivity contribution in [2.45, 2.75) is 50.7 Å². The highest BCUT2D eigenvalue weighted by molar-refractivity contribution is 5.78. The van der Waals surface area contributed by atoms with Crippen LogP contribution in [0.5, 0.6) is 5.88 Å². The van der Waals surface area contributed by atoms with E-state index in [4.69, 9.17) is 9.47 Å². The minimum absolute atomic E-state index is 0.0838. The van der Waals surface area contributed by atoms with Crippen LogP contribution in [0.15, 0.2) is 12.4 Å². The Kier molecular flexibility index (Phi) is 3.71. The molecule has 0 radical (unpaired) electrons. The highest BCUT2D eigenvalue weighted by Crippen LogP contribution is 2.38. The van der Waals surface area contributed by atoms with E-state index in [0.29, 0.717) is 31.5 Å². The molecule has 6 heteroatoms. The molecule has 1 aromatic heterocycles. The summed E-state index contributed by atoms with van der Waals surface area (Å²) in [5.41, 5.74) is 0.643. The van der Waals surface area contributed by atoms with Gasteiger partial charge in [-0.2, -0.15) is 0 Å². The van der Waals surface area contributed by atoms with Crippen molar-refractivity contribution in [1.29, 1.82) is 0 Å². The first-order valence-electron chi connectivity index (χ1n) is 8.49. The van der Waals surface area contributed by atoms with Crippen LogP contribution in [0.3, 0.4) is 0 Å². The molecule has 1 aliphatic carbocycles. The van der Waals surface area contributed by atoms with E-state index in [-0.39, 0.29) is 17.6 Å². The summed E-state index contributed by atoms with van der Waals surface area (Å²) in [6.45, 7) is 3.99. The molecule has 2 saturated heterocycles. The molecule has 1 atom stereocenters. The van der Waals surface area contributed by atoms with E-state index in [1.165, 1.54) is 12.8 Å². The molecule has 0 aromatic carbocycles. The maximum Gasteiger partial charge on any atom is 0.232 e. The average Bonchev–Trinajstić information content (AvgIpc) is 3.29. The normalized spacial score (nSPS) is 26.0. The van der Waals surface area contributed by atoms with Crippen molar-refractivity contribution in [2.24, 2.45) is 5.92 Å². The lowest BCUT2D eigenvalue weighted by molar-refractivity contribution is -0.193. The Morgan fingerprint density at radius 1 is 1.39 bits per heavy atom. The third kappa shape index (κ3) is 3.32. The van der Waals surface area contributed by atoms with Crippen molar-refractivity contribution in [3.8, 4) is 5.88 Å². The molecule has 23 heavy (non-hydrogen) atoms. The van der Waals surface area contributed by atoms with E-state index in [0.717, 1.165) is 25.0 Å². The third-order valence-electron chi connectivity index (χ3n) is 4.94. The smallest absolute Gasteiger partial charge is 0.232 e. The lowest BCUT2D eigenvalue weighted by atomic mass is 9.84. The fourth-order valence-corrected chi connectivity index (χ4v) is 3.50. The van der Waals surface area contributed by atoms with Gasteiger partial charge in [-0.3, -0.25) is 9.78 Å². The molecule has 1 amide bonds. The quantitative estimate of drug-likeness (QED) is 0.846. The van der Waals surface area contributed by atoms with E-state index in [1.54, 1.807) is 12.4 Å². The molecular weight excluding hydrogens is 294 g/mol. The number of carbonyl (C=O) groups excluding carboxylic acids is 1. The Labute approximate surface area is 136 Å². The van der Waals surface area contributed by atoms with Crippen molar-refractivity contribution in [3.63, 3.8) is 0 Å². The van der Waals surface area contributed by atoms with Gasteiger partial charge in [-0.25, -0.2) is 4.98 Å². The fourth-order valence-electron chi connectivity index (χ4n) is 3.50. The monoisotopic (exact) mass is 317 g/mol. The third-order valence-corrected chi connectivity index (χ3v) is 4.94. The highest BCUT2D eigenvalue weighted by atomic mass is 16.5. The van der Waals surface area contributed by atoms with Crippen LogP contribution in [-0.2, 0) is 9.53 Å². The Hall–Kier alpha value is -1.69. The fraction of sp³-hybridized carbons (Fsp3) is 0.706. The SMILES string of the molecule is Cc1cncc(O[C@@H]2CCOC3(C2)CN(C(=O)CC2CC2)C3)n1. The van der Waals surface area contributed by atoms with Crippen LogP contribution in [0.25, 0.3) is 0 Å². The molecule has 6 nitrogen and oxygen atoms in total. The summed E-state index contributed by atoms with van der Waals surface area (Å²) < 4.78 is 12.0. The summed E-state index contributed by atoms with van der Waals surface area (Å²) >= 11 is 0.